The van der Waals surface area contributed by atoms with Gasteiger partial charge in [-0.3, -0.25) is 4.79 Å². The Kier molecular flexibility index (Phi) is 9.52. The number of benzene rings is 2. The zero-order chi connectivity index (χ0) is 30.7. The average molecular weight is 647 g/mol. The van der Waals surface area contributed by atoms with Gasteiger partial charge >= 0.3 is 0 Å². The van der Waals surface area contributed by atoms with E-state index in [0.717, 1.165) is 29.7 Å². The maximum absolute atomic E-state index is 13.8. The number of hydrogen-bond donors (Lipinski definition) is 1. The van der Waals surface area contributed by atoms with Crippen molar-refractivity contribution in [1.82, 2.24) is 34.3 Å². The molecule has 1 aliphatic heterocycles. The molecular formula is C29H33Cl2N7O4S. The fraction of sp³-hybridized carbons (Fsp3) is 0.379. The van der Waals surface area contributed by atoms with E-state index in [1.807, 2.05) is 44.1 Å². The summed E-state index contributed by atoms with van der Waals surface area (Å²) in [6.07, 6.45) is 4.83. The van der Waals surface area contributed by atoms with Gasteiger partial charge in [0, 0.05) is 34.8 Å². The highest BCUT2D eigenvalue weighted by Crippen LogP contribution is 2.37. The summed E-state index contributed by atoms with van der Waals surface area (Å²) in [5.74, 6) is 0.158. The van der Waals surface area contributed by atoms with Gasteiger partial charge in [0.2, 0.25) is 15.9 Å². The number of carbonyl (C=O) groups is 1. The number of para-hydroxylation sites is 1. The van der Waals surface area contributed by atoms with E-state index in [2.05, 4.69) is 20.4 Å². The third-order valence-electron chi connectivity index (χ3n) is 7.27. The Morgan fingerprint density at radius 3 is 2.77 bits per heavy atom. The number of amides is 1. The summed E-state index contributed by atoms with van der Waals surface area (Å²) in [5.41, 5.74) is 2.45. The van der Waals surface area contributed by atoms with E-state index in [1.54, 1.807) is 17.1 Å². The van der Waals surface area contributed by atoms with Crippen molar-refractivity contribution >= 4 is 50.0 Å². The summed E-state index contributed by atoms with van der Waals surface area (Å²) in [4.78, 5) is 23.6. The second-order valence-electron chi connectivity index (χ2n) is 10.6. The second-order valence-corrected chi connectivity index (χ2v) is 13.3. The van der Waals surface area contributed by atoms with Crippen molar-refractivity contribution in [3.8, 4) is 11.4 Å². The minimum atomic E-state index is -4.11. The van der Waals surface area contributed by atoms with Crippen LogP contribution in [0.5, 0.6) is 5.75 Å². The third-order valence-corrected chi connectivity index (χ3v) is 10.1. The molecule has 4 aromatic rings. The highest BCUT2D eigenvalue weighted by Gasteiger charge is 2.40. The molecule has 0 aliphatic carbocycles. The molecule has 0 unspecified atom stereocenters. The number of ether oxygens (including phenoxy) is 1. The molecule has 1 atom stereocenters. The zero-order valence-corrected chi connectivity index (χ0v) is 26.5. The number of pyridine rings is 1. The number of nitrogens with one attached hydrogen (secondary N) is 1. The predicted molar refractivity (Wildman–Crippen MR) is 165 cm³/mol. The van der Waals surface area contributed by atoms with Crippen molar-refractivity contribution in [3.05, 3.63) is 70.4 Å². The molecule has 1 saturated heterocycles. The maximum atomic E-state index is 13.8. The van der Waals surface area contributed by atoms with Gasteiger partial charge in [-0.15, -0.1) is 0 Å². The van der Waals surface area contributed by atoms with Crippen LogP contribution < -0.4 is 10.1 Å². The number of nitrogens with zero attached hydrogens (tertiary/aromatic N) is 6. The molecule has 5 rings (SSSR count). The summed E-state index contributed by atoms with van der Waals surface area (Å²) >= 11 is 13.2. The zero-order valence-electron chi connectivity index (χ0n) is 24.1. The quantitative estimate of drug-likeness (QED) is 0.241. The smallest absolute Gasteiger partial charge is 0.245 e. The number of aryl methyl sites for hydroxylation is 1. The van der Waals surface area contributed by atoms with Crippen LogP contribution in [-0.2, 0) is 21.4 Å². The molecule has 0 radical (unpaired) electrons. The number of hydrogen-bond acceptors (Lipinski definition) is 8. The highest BCUT2D eigenvalue weighted by molar-refractivity contribution is 7.89. The molecule has 43 heavy (non-hydrogen) atoms. The lowest BCUT2D eigenvalue weighted by molar-refractivity contribution is -0.124. The molecule has 2 aromatic carbocycles. The molecule has 0 bridgehead atoms. The molecule has 228 valence electrons. The summed E-state index contributed by atoms with van der Waals surface area (Å²) in [5, 5.41) is 8.13. The van der Waals surface area contributed by atoms with Gasteiger partial charge in [-0.2, -0.15) is 9.40 Å². The minimum absolute atomic E-state index is 0.0442. The van der Waals surface area contributed by atoms with Gasteiger partial charge in [0.25, 0.3) is 0 Å². The van der Waals surface area contributed by atoms with Gasteiger partial charge < -0.3 is 15.0 Å². The first kappa shape index (κ1) is 31.1. The maximum Gasteiger partial charge on any atom is 0.245 e. The van der Waals surface area contributed by atoms with Gasteiger partial charge in [-0.05, 0) is 71.1 Å². The van der Waals surface area contributed by atoms with Gasteiger partial charge in [0.1, 0.15) is 41.5 Å². The normalized spacial score (nSPS) is 15.8. The Labute approximate surface area is 260 Å². The van der Waals surface area contributed by atoms with E-state index in [4.69, 9.17) is 27.9 Å². The number of rotatable bonds is 11. The van der Waals surface area contributed by atoms with Crippen LogP contribution in [0.4, 0.5) is 0 Å². The van der Waals surface area contributed by atoms with Crippen molar-refractivity contribution in [2.45, 2.75) is 43.7 Å². The second kappa shape index (κ2) is 13.1. The molecule has 3 heterocycles. The van der Waals surface area contributed by atoms with E-state index < -0.39 is 16.1 Å². The molecule has 0 saturated carbocycles. The average Bonchev–Trinajstić information content (AvgIpc) is 3.68. The molecule has 14 heteroatoms. The van der Waals surface area contributed by atoms with Crippen LogP contribution in [0.15, 0.2) is 53.9 Å². The summed E-state index contributed by atoms with van der Waals surface area (Å²) in [6, 6.07) is 9.47. The van der Waals surface area contributed by atoms with Crippen molar-refractivity contribution < 1.29 is 17.9 Å². The molecule has 0 spiro atoms. The lowest BCUT2D eigenvalue weighted by Crippen LogP contribution is -2.46. The van der Waals surface area contributed by atoms with E-state index in [-0.39, 0.29) is 34.0 Å². The molecule has 1 amide bonds. The molecule has 1 aliphatic rings. The van der Waals surface area contributed by atoms with Crippen LogP contribution >= 0.6 is 23.2 Å². The SMILES string of the molecule is Cc1cc(-n2cncn2)c2cccc(OCc3c(Cl)ccc(S(=O)(=O)N4CCC[C@H]4C(=O)NCCCN(C)C)c3Cl)c2n1. The van der Waals surface area contributed by atoms with Crippen molar-refractivity contribution in [2.75, 3.05) is 33.7 Å². The summed E-state index contributed by atoms with van der Waals surface area (Å²) in [6.45, 7) is 3.26. The summed E-state index contributed by atoms with van der Waals surface area (Å²) < 4.78 is 36.7. The Morgan fingerprint density at radius 2 is 2.02 bits per heavy atom. The molecular weight excluding hydrogens is 613 g/mol. The topological polar surface area (TPSA) is 123 Å². The molecule has 1 N–H and O–H groups in total. The van der Waals surface area contributed by atoms with Crippen LogP contribution in [0.2, 0.25) is 10.0 Å². The molecule has 1 fully saturated rings. The minimum Gasteiger partial charge on any atom is -0.487 e. The Hall–Kier alpha value is -3.29. The van der Waals surface area contributed by atoms with Crippen molar-refractivity contribution in [1.29, 1.82) is 0 Å². The number of fused-ring (bicyclic) bond motifs is 1. The summed E-state index contributed by atoms with van der Waals surface area (Å²) in [7, 11) is -0.197. The lowest BCUT2D eigenvalue weighted by Gasteiger charge is -2.24. The molecule has 2 aromatic heterocycles. The first-order chi connectivity index (χ1) is 20.6. The van der Waals surface area contributed by atoms with Crippen molar-refractivity contribution in [2.24, 2.45) is 0 Å². The first-order valence-electron chi connectivity index (χ1n) is 13.9. The van der Waals surface area contributed by atoms with E-state index in [0.29, 0.717) is 36.2 Å². The van der Waals surface area contributed by atoms with Crippen LogP contribution in [0.1, 0.15) is 30.5 Å². The van der Waals surface area contributed by atoms with E-state index in [9.17, 15) is 13.2 Å². The first-order valence-corrected chi connectivity index (χ1v) is 16.1. The largest absolute Gasteiger partial charge is 0.487 e. The van der Waals surface area contributed by atoms with Crippen LogP contribution in [-0.4, -0.2) is 83.0 Å². The Balaban J connectivity index is 1.39. The Bertz CT molecular complexity index is 1730. The van der Waals surface area contributed by atoms with Gasteiger partial charge in [-0.25, -0.2) is 23.1 Å². The van der Waals surface area contributed by atoms with E-state index in [1.165, 1.54) is 22.8 Å². The number of sulfonamides is 1. The van der Waals surface area contributed by atoms with Crippen LogP contribution in [0.25, 0.3) is 16.6 Å². The highest BCUT2D eigenvalue weighted by atomic mass is 35.5. The van der Waals surface area contributed by atoms with Crippen LogP contribution in [0, 0.1) is 6.92 Å². The van der Waals surface area contributed by atoms with E-state index >= 15 is 0 Å². The standard InChI is InChI=1S/C29H33Cl2N7O4S/c1-19-15-24(37-18-32-17-34-37)20-7-4-9-25(28(20)35-19)42-16-21-22(30)10-11-26(27(21)31)43(40,41)38-14-5-8-23(38)29(39)33-12-6-13-36(2)3/h4,7,9-11,15,17-18,23H,5-6,8,12-14,16H2,1-3H3,(H,33,39)/t23-/m0/s1. The fourth-order valence-electron chi connectivity index (χ4n) is 5.17. The van der Waals surface area contributed by atoms with Gasteiger partial charge in [0.05, 0.1) is 10.7 Å². The van der Waals surface area contributed by atoms with Gasteiger partial charge in [-0.1, -0.05) is 35.3 Å². The third kappa shape index (κ3) is 6.63. The van der Waals surface area contributed by atoms with Gasteiger partial charge in [0.15, 0.2) is 0 Å². The number of halogens is 2. The lowest BCUT2D eigenvalue weighted by atomic mass is 10.1. The Morgan fingerprint density at radius 1 is 1.21 bits per heavy atom. The van der Waals surface area contributed by atoms with Crippen LogP contribution in [0.3, 0.4) is 0 Å². The monoisotopic (exact) mass is 645 g/mol. The fourth-order valence-corrected chi connectivity index (χ4v) is 7.69. The molecule has 11 nitrogen and oxygen atoms in total. The number of aromatic nitrogens is 4. The van der Waals surface area contributed by atoms with Crippen molar-refractivity contribution in [3.63, 3.8) is 0 Å². The predicted octanol–water partition coefficient (Wildman–Crippen LogP) is 4.23. The number of carbonyl (C=O) groups excluding carboxylic acids is 1.